The van der Waals surface area contributed by atoms with E-state index in [4.69, 9.17) is 0 Å². The molecule has 0 aliphatic carbocycles. The second-order valence-electron chi connectivity index (χ2n) is 6.90. The van der Waals surface area contributed by atoms with Crippen LogP contribution in [-0.2, 0) is 11.3 Å². The van der Waals surface area contributed by atoms with Crippen LogP contribution in [-0.4, -0.2) is 20.7 Å². The summed E-state index contributed by atoms with van der Waals surface area (Å²) in [6.07, 6.45) is 1.52. The summed E-state index contributed by atoms with van der Waals surface area (Å²) in [7, 11) is 0. The van der Waals surface area contributed by atoms with Gasteiger partial charge in [-0.05, 0) is 37.6 Å². The number of nitrogens with zero attached hydrogens (tertiary/aromatic N) is 3. The number of carbonyl (C=O) groups is 1. The van der Waals surface area contributed by atoms with Crippen LogP contribution in [0.5, 0.6) is 0 Å². The Bertz CT molecular complexity index is 1260. The van der Waals surface area contributed by atoms with Crippen LogP contribution >= 0.6 is 11.3 Å². The van der Waals surface area contributed by atoms with Crippen molar-refractivity contribution >= 4 is 33.3 Å². The third-order valence-corrected chi connectivity index (χ3v) is 5.49. The Morgan fingerprint density at radius 2 is 2.00 bits per heavy atom. The fraction of sp³-hybridized carbons (Fsp3) is 0.182. The number of fused-ring (bicyclic) bond motifs is 1. The molecule has 6 nitrogen and oxygen atoms in total. The summed E-state index contributed by atoms with van der Waals surface area (Å²) in [5.41, 5.74) is 4.85. The molecule has 0 aliphatic rings. The number of para-hydroxylation sites is 1. The maximum Gasteiger partial charge on any atom is 0.228 e. The van der Waals surface area contributed by atoms with Crippen molar-refractivity contribution in [1.82, 2.24) is 14.8 Å². The Morgan fingerprint density at radius 1 is 1.17 bits per heavy atom. The van der Waals surface area contributed by atoms with Gasteiger partial charge < -0.3 is 5.32 Å². The molecule has 0 spiro atoms. The number of amides is 1. The molecule has 1 amide bonds. The molecule has 146 valence electrons. The highest BCUT2D eigenvalue weighted by Gasteiger charge is 2.11. The molecule has 2 heterocycles. The highest BCUT2D eigenvalue weighted by Crippen LogP contribution is 2.28. The number of carbonyl (C=O) groups excluding carboxylic acids is 1. The van der Waals surface area contributed by atoms with Gasteiger partial charge in [0.25, 0.3) is 0 Å². The largest absolute Gasteiger partial charge is 0.302 e. The zero-order chi connectivity index (χ0) is 20.4. The summed E-state index contributed by atoms with van der Waals surface area (Å²) in [6.45, 7) is 4.47. The first-order valence-electron chi connectivity index (χ1n) is 9.29. The van der Waals surface area contributed by atoms with Crippen LogP contribution < -0.4 is 10.7 Å². The molecule has 2 aromatic carbocycles. The van der Waals surface area contributed by atoms with E-state index in [0.717, 1.165) is 22.3 Å². The molecule has 2 aromatic heterocycles. The Hall–Kier alpha value is -3.32. The van der Waals surface area contributed by atoms with E-state index in [9.17, 15) is 9.59 Å². The number of anilines is 1. The maximum absolute atomic E-state index is 12.4. The van der Waals surface area contributed by atoms with Crippen molar-refractivity contribution < 1.29 is 4.79 Å². The summed E-state index contributed by atoms with van der Waals surface area (Å²) < 4.78 is 1.68. The van der Waals surface area contributed by atoms with Crippen molar-refractivity contribution in [2.45, 2.75) is 26.8 Å². The molecule has 0 saturated heterocycles. The SMILES string of the molecule is Cc1ccc(C)c(-c2csc(NC(=O)CCn3ncc(=O)c4ccccc43)n2)c1. The fourth-order valence-corrected chi connectivity index (χ4v) is 3.92. The summed E-state index contributed by atoms with van der Waals surface area (Å²) in [5.74, 6) is -0.142. The van der Waals surface area contributed by atoms with E-state index in [2.05, 4.69) is 33.6 Å². The quantitative estimate of drug-likeness (QED) is 0.542. The molecule has 0 atom stereocenters. The zero-order valence-electron chi connectivity index (χ0n) is 16.2. The molecule has 0 unspecified atom stereocenters. The number of thiazole rings is 1. The second-order valence-corrected chi connectivity index (χ2v) is 7.76. The molecule has 4 rings (SSSR count). The highest BCUT2D eigenvalue weighted by molar-refractivity contribution is 7.14. The van der Waals surface area contributed by atoms with E-state index in [1.165, 1.54) is 23.1 Å². The fourth-order valence-electron chi connectivity index (χ4n) is 3.20. The van der Waals surface area contributed by atoms with Crippen molar-refractivity contribution in [1.29, 1.82) is 0 Å². The van der Waals surface area contributed by atoms with Crippen molar-refractivity contribution in [3.63, 3.8) is 0 Å². The first-order valence-corrected chi connectivity index (χ1v) is 10.2. The smallest absolute Gasteiger partial charge is 0.228 e. The number of hydrogen-bond acceptors (Lipinski definition) is 5. The summed E-state index contributed by atoms with van der Waals surface area (Å²) >= 11 is 1.41. The first-order chi connectivity index (χ1) is 14.0. The van der Waals surface area contributed by atoms with Gasteiger partial charge in [-0.15, -0.1) is 11.3 Å². The number of rotatable bonds is 5. The third-order valence-electron chi connectivity index (χ3n) is 4.73. The van der Waals surface area contributed by atoms with Gasteiger partial charge in [0.2, 0.25) is 11.3 Å². The minimum absolute atomic E-state index is 0.122. The average Bonchev–Trinajstić information content (AvgIpc) is 3.17. The van der Waals surface area contributed by atoms with Gasteiger partial charge in [0.15, 0.2) is 5.13 Å². The highest BCUT2D eigenvalue weighted by atomic mass is 32.1. The van der Waals surface area contributed by atoms with Crippen molar-refractivity contribution in [3.05, 3.63) is 75.4 Å². The molecule has 0 aliphatic heterocycles. The Kier molecular flexibility index (Phi) is 5.22. The monoisotopic (exact) mass is 404 g/mol. The predicted molar refractivity (Wildman–Crippen MR) is 116 cm³/mol. The number of hydrogen-bond donors (Lipinski definition) is 1. The minimum Gasteiger partial charge on any atom is -0.302 e. The Morgan fingerprint density at radius 3 is 2.86 bits per heavy atom. The van der Waals surface area contributed by atoms with Gasteiger partial charge >= 0.3 is 0 Å². The summed E-state index contributed by atoms with van der Waals surface area (Å²) in [6, 6.07) is 13.5. The predicted octanol–water partition coefficient (Wildman–Crippen LogP) is 4.17. The third kappa shape index (κ3) is 4.09. The lowest BCUT2D eigenvalue weighted by Gasteiger charge is -2.08. The zero-order valence-corrected chi connectivity index (χ0v) is 17.0. The summed E-state index contributed by atoms with van der Waals surface area (Å²) in [4.78, 5) is 28.9. The van der Waals surface area contributed by atoms with Gasteiger partial charge in [0.05, 0.1) is 24.0 Å². The minimum atomic E-state index is -0.142. The van der Waals surface area contributed by atoms with Gasteiger partial charge in [0.1, 0.15) is 0 Å². The molecule has 0 saturated carbocycles. The van der Waals surface area contributed by atoms with Crippen LogP contribution in [0, 0.1) is 13.8 Å². The van der Waals surface area contributed by atoms with Crippen molar-refractivity contribution in [3.8, 4) is 11.3 Å². The summed E-state index contributed by atoms with van der Waals surface area (Å²) in [5, 5.41) is 10.1. The molecule has 0 fully saturated rings. The van der Waals surface area contributed by atoms with Crippen molar-refractivity contribution in [2.24, 2.45) is 0 Å². The van der Waals surface area contributed by atoms with Gasteiger partial charge in [-0.2, -0.15) is 5.10 Å². The van der Waals surface area contributed by atoms with Crippen LogP contribution in [0.1, 0.15) is 17.5 Å². The second kappa shape index (κ2) is 7.97. The standard InChI is InChI=1S/C22H20N4O2S/c1-14-7-8-15(2)17(11-14)18-13-29-22(24-18)25-21(28)9-10-26-19-6-4-3-5-16(19)20(27)12-23-26/h3-8,11-13H,9-10H2,1-2H3,(H,24,25,28). The van der Waals surface area contributed by atoms with Gasteiger partial charge in [0, 0.05) is 22.8 Å². The van der Waals surface area contributed by atoms with E-state index < -0.39 is 0 Å². The number of aromatic nitrogens is 3. The van der Waals surface area contributed by atoms with Crippen LogP contribution in [0.2, 0.25) is 0 Å². The van der Waals surface area contributed by atoms with Gasteiger partial charge in [-0.25, -0.2) is 4.98 Å². The first kappa shape index (κ1) is 19.0. The average molecular weight is 404 g/mol. The van der Waals surface area contributed by atoms with Crippen LogP contribution in [0.4, 0.5) is 5.13 Å². The molecule has 7 heteroatoms. The number of nitrogens with one attached hydrogen (secondary N) is 1. The van der Waals surface area contributed by atoms with Crippen LogP contribution in [0.15, 0.2) is 58.8 Å². The molecular formula is C22H20N4O2S. The van der Waals surface area contributed by atoms with E-state index >= 15 is 0 Å². The van der Waals surface area contributed by atoms with E-state index in [0.29, 0.717) is 17.1 Å². The Balaban J connectivity index is 1.45. The normalized spacial score (nSPS) is 11.0. The molecule has 29 heavy (non-hydrogen) atoms. The number of benzene rings is 2. The van der Waals surface area contributed by atoms with E-state index in [1.807, 2.05) is 37.4 Å². The number of aryl methyl sites for hydroxylation is 3. The topological polar surface area (TPSA) is 76.9 Å². The lowest BCUT2D eigenvalue weighted by Crippen LogP contribution is -2.17. The molecule has 0 bridgehead atoms. The molecule has 0 radical (unpaired) electrons. The van der Waals surface area contributed by atoms with Crippen molar-refractivity contribution in [2.75, 3.05) is 5.32 Å². The Labute approximate surface area is 171 Å². The van der Waals surface area contributed by atoms with E-state index in [1.54, 1.807) is 10.7 Å². The molecular weight excluding hydrogens is 384 g/mol. The lowest BCUT2D eigenvalue weighted by atomic mass is 10.0. The van der Waals surface area contributed by atoms with Gasteiger partial charge in [-0.1, -0.05) is 29.8 Å². The van der Waals surface area contributed by atoms with E-state index in [-0.39, 0.29) is 17.8 Å². The van der Waals surface area contributed by atoms with Crippen LogP contribution in [0.25, 0.3) is 22.2 Å². The van der Waals surface area contributed by atoms with Crippen LogP contribution in [0.3, 0.4) is 0 Å². The molecule has 1 N–H and O–H groups in total. The lowest BCUT2D eigenvalue weighted by molar-refractivity contribution is -0.116. The maximum atomic E-state index is 12.4. The van der Waals surface area contributed by atoms with Gasteiger partial charge in [-0.3, -0.25) is 14.3 Å². The molecule has 4 aromatic rings.